The van der Waals surface area contributed by atoms with Crippen LogP contribution in [0.15, 0.2) is 16.6 Å². The first-order valence-corrected chi connectivity index (χ1v) is 8.02. The molecule has 18 heavy (non-hydrogen) atoms. The number of sulfone groups is 1. The van der Waals surface area contributed by atoms with Crippen molar-refractivity contribution in [1.29, 1.82) is 0 Å². The zero-order valence-electron chi connectivity index (χ0n) is 9.37. The third-order valence-corrected chi connectivity index (χ3v) is 5.58. The summed E-state index contributed by atoms with van der Waals surface area (Å²) in [6.07, 6.45) is 0.390. The number of hydrogen-bond donors (Lipinski definition) is 1. The Bertz CT molecular complexity index is 577. The Morgan fingerprint density at radius 1 is 1.33 bits per heavy atom. The highest BCUT2D eigenvalue weighted by Gasteiger charge is 2.34. The zero-order chi connectivity index (χ0) is 13.5. The van der Waals surface area contributed by atoms with Gasteiger partial charge in [-0.1, -0.05) is 0 Å². The van der Waals surface area contributed by atoms with E-state index >= 15 is 0 Å². The van der Waals surface area contributed by atoms with Crippen molar-refractivity contribution >= 4 is 25.8 Å². The maximum absolute atomic E-state index is 13.7. The Morgan fingerprint density at radius 3 is 2.56 bits per heavy atom. The first-order chi connectivity index (χ1) is 8.30. The quantitative estimate of drug-likeness (QED) is 0.840. The Labute approximate surface area is 112 Å². The van der Waals surface area contributed by atoms with E-state index in [9.17, 15) is 17.2 Å². The van der Waals surface area contributed by atoms with E-state index < -0.39 is 27.5 Å². The summed E-state index contributed by atoms with van der Waals surface area (Å²) >= 11 is 2.88. The van der Waals surface area contributed by atoms with E-state index in [1.165, 1.54) is 0 Å². The van der Waals surface area contributed by atoms with Gasteiger partial charge in [-0.2, -0.15) is 0 Å². The topological polar surface area (TPSA) is 60.2 Å². The predicted octanol–water partition coefficient (Wildman–Crippen LogP) is 2.16. The highest BCUT2D eigenvalue weighted by Crippen LogP contribution is 2.32. The van der Waals surface area contributed by atoms with Crippen LogP contribution in [0.5, 0.6) is 0 Å². The third kappa shape index (κ3) is 2.73. The van der Waals surface area contributed by atoms with Crippen LogP contribution in [0.4, 0.5) is 8.78 Å². The van der Waals surface area contributed by atoms with E-state index in [4.69, 9.17) is 5.73 Å². The molecular weight excluding hydrogens is 328 g/mol. The average Bonchev–Trinajstić information content (AvgIpc) is 2.63. The molecule has 1 saturated heterocycles. The van der Waals surface area contributed by atoms with Gasteiger partial charge in [0.2, 0.25) is 0 Å². The molecule has 1 aromatic carbocycles. The predicted molar refractivity (Wildman–Crippen MR) is 67.7 cm³/mol. The normalized spacial score (nSPS) is 24.1. The molecule has 2 unspecified atom stereocenters. The van der Waals surface area contributed by atoms with Gasteiger partial charge < -0.3 is 5.73 Å². The lowest BCUT2D eigenvalue weighted by Crippen LogP contribution is -2.23. The number of halogens is 3. The molecule has 100 valence electrons. The molecule has 1 heterocycles. The highest BCUT2D eigenvalue weighted by atomic mass is 79.9. The van der Waals surface area contributed by atoms with Gasteiger partial charge in [-0.15, -0.1) is 0 Å². The van der Waals surface area contributed by atoms with Gasteiger partial charge in [0.05, 0.1) is 16.0 Å². The van der Waals surface area contributed by atoms with Gasteiger partial charge in [0, 0.05) is 11.6 Å². The summed E-state index contributed by atoms with van der Waals surface area (Å²) in [5, 5.41) is 0. The van der Waals surface area contributed by atoms with Crippen LogP contribution in [0.1, 0.15) is 18.0 Å². The molecule has 1 aliphatic rings. The van der Waals surface area contributed by atoms with E-state index in [0.29, 0.717) is 6.42 Å². The standard InChI is InChI=1S/C11H12BrF2NO2S/c12-8-4-9(13)7(3-10(8)14)11(15)6-1-2-18(16,17)5-6/h3-4,6,11H,1-2,5,15H2. The Morgan fingerprint density at radius 2 is 2.00 bits per heavy atom. The van der Waals surface area contributed by atoms with Crippen molar-refractivity contribution in [3.05, 3.63) is 33.8 Å². The summed E-state index contributed by atoms with van der Waals surface area (Å²) in [7, 11) is -3.09. The van der Waals surface area contributed by atoms with Gasteiger partial charge in [-0.25, -0.2) is 17.2 Å². The fourth-order valence-corrected chi connectivity index (χ4v) is 4.32. The summed E-state index contributed by atoms with van der Waals surface area (Å²) < 4.78 is 49.8. The van der Waals surface area contributed by atoms with Crippen molar-refractivity contribution in [3.8, 4) is 0 Å². The van der Waals surface area contributed by atoms with Crippen LogP contribution in [0.25, 0.3) is 0 Å². The number of nitrogens with two attached hydrogens (primary N) is 1. The number of rotatable bonds is 2. The Hall–Kier alpha value is -0.530. The third-order valence-electron chi connectivity index (χ3n) is 3.17. The number of hydrogen-bond acceptors (Lipinski definition) is 3. The molecule has 1 aromatic rings. The molecule has 2 atom stereocenters. The molecule has 2 N–H and O–H groups in total. The molecule has 0 bridgehead atoms. The highest BCUT2D eigenvalue weighted by molar-refractivity contribution is 9.10. The van der Waals surface area contributed by atoms with Crippen LogP contribution in [0.3, 0.4) is 0 Å². The largest absolute Gasteiger partial charge is 0.324 e. The molecule has 0 saturated carbocycles. The first kappa shape index (κ1) is 13.9. The summed E-state index contributed by atoms with van der Waals surface area (Å²) in [5.41, 5.74) is 5.88. The van der Waals surface area contributed by atoms with Gasteiger partial charge in [-0.3, -0.25) is 0 Å². The maximum atomic E-state index is 13.7. The SMILES string of the molecule is NC(c1cc(F)c(Br)cc1F)C1CCS(=O)(=O)C1. The minimum atomic E-state index is -3.09. The van der Waals surface area contributed by atoms with Crippen LogP contribution in [0, 0.1) is 17.6 Å². The fraction of sp³-hybridized carbons (Fsp3) is 0.455. The second kappa shape index (κ2) is 4.86. The summed E-state index contributed by atoms with van der Waals surface area (Å²) in [5.74, 6) is -1.59. The minimum absolute atomic E-state index is 0.0231. The van der Waals surface area contributed by atoms with E-state index in [0.717, 1.165) is 12.1 Å². The molecular formula is C11H12BrF2NO2S. The lowest BCUT2D eigenvalue weighted by atomic mass is 9.93. The molecule has 2 rings (SSSR count). The first-order valence-electron chi connectivity index (χ1n) is 5.40. The van der Waals surface area contributed by atoms with Gasteiger partial charge in [0.25, 0.3) is 0 Å². The molecule has 3 nitrogen and oxygen atoms in total. The van der Waals surface area contributed by atoms with Crippen LogP contribution < -0.4 is 5.73 Å². The Kier molecular flexibility index (Phi) is 3.75. The van der Waals surface area contributed by atoms with E-state index in [2.05, 4.69) is 15.9 Å². The molecule has 0 aromatic heterocycles. The second-order valence-corrected chi connectivity index (χ2v) is 7.56. The number of benzene rings is 1. The van der Waals surface area contributed by atoms with Crippen molar-refractivity contribution in [2.24, 2.45) is 11.7 Å². The maximum Gasteiger partial charge on any atom is 0.150 e. The molecule has 0 spiro atoms. The van der Waals surface area contributed by atoms with Gasteiger partial charge in [0.1, 0.15) is 11.6 Å². The zero-order valence-corrected chi connectivity index (χ0v) is 11.8. The van der Waals surface area contributed by atoms with E-state index in [-0.39, 0.29) is 27.5 Å². The van der Waals surface area contributed by atoms with Gasteiger partial charge in [-0.05, 0) is 40.4 Å². The molecule has 0 radical (unpaired) electrons. The monoisotopic (exact) mass is 339 g/mol. The van der Waals surface area contributed by atoms with Crippen LogP contribution in [-0.2, 0) is 9.84 Å². The van der Waals surface area contributed by atoms with E-state index in [1.807, 2.05) is 0 Å². The molecule has 1 fully saturated rings. The Balaban J connectivity index is 2.30. The van der Waals surface area contributed by atoms with Crippen molar-refractivity contribution in [2.45, 2.75) is 12.5 Å². The van der Waals surface area contributed by atoms with Gasteiger partial charge in [0.15, 0.2) is 9.84 Å². The average molecular weight is 340 g/mol. The molecule has 1 aliphatic heterocycles. The fourth-order valence-electron chi connectivity index (χ4n) is 2.15. The van der Waals surface area contributed by atoms with Crippen molar-refractivity contribution in [3.63, 3.8) is 0 Å². The van der Waals surface area contributed by atoms with Crippen LogP contribution in [0.2, 0.25) is 0 Å². The summed E-state index contributed by atoms with van der Waals surface area (Å²) in [6, 6.07) is 1.23. The minimum Gasteiger partial charge on any atom is -0.324 e. The van der Waals surface area contributed by atoms with Crippen molar-refractivity contribution in [2.75, 3.05) is 11.5 Å². The van der Waals surface area contributed by atoms with Crippen LogP contribution >= 0.6 is 15.9 Å². The summed E-state index contributed by atoms with van der Waals surface area (Å²) in [4.78, 5) is 0. The van der Waals surface area contributed by atoms with Crippen LogP contribution in [-0.4, -0.2) is 19.9 Å². The van der Waals surface area contributed by atoms with Gasteiger partial charge >= 0.3 is 0 Å². The summed E-state index contributed by atoms with van der Waals surface area (Å²) in [6.45, 7) is 0. The van der Waals surface area contributed by atoms with Crippen molar-refractivity contribution < 1.29 is 17.2 Å². The molecule has 0 amide bonds. The molecule has 0 aliphatic carbocycles. The molecule has 7 heteroatoms. The smallest absolute Gasteiger partial charge is 0.150 e. The van der Waals surface area contributed by atoms with Crippen molar-refractivity contribution in [1.82, 2.24) is 0 Å². The lowest BCUT2D eigenvalue weighted by molar-refractivity contribution is 0.454. The second-order valence-electron chi connectivity index (χ2n) is 4.48. The lowest BCUT2D eigenvalue weighted by Gasteiger charge is -2.19. The van der Waals surface area contributed by atoms with E-state index in [1.54, 1.807) is 0 Å².